The number of nitrogens with zero attached hydrogens (tertiary/aromatic N) is 2. The van der Waals surface area contributed by atoms with E-state index in [0.717, 1.165) is 26.6 Å². The van der Waals surface area contributed by atoms with Crippen LogP contribution in [0.5, 0.6) is 0 Å². The number of amides is 2. The second-order valence-electron chi connectivity index (χ2n) is 8.57. The molecule has 0 radical (unpaired) electrons. The number of hydrogen-bond acceptors (Lipinski definition) is 6. The maximum absolute atomic E-state index is 13.7. The minimum absolute atomic E-state index is 0.0510. The molecule has 0 aliphatic carbocycles. The molecule has 1 saturated heterocycles. The lowest BCUT2D eigenvalue weighted by Crippen LogP contribution is -2.47. The summed E-state index contributed by atoms with van der Waals surface area (Å²) in [6, 6.07) is 21.1. The Labute approximate surface area is 213 Å². The quantitative estimate of drug-likeness (QED) is 0.464. The molecule has 6 nitrogen and oxygen atoms in total. The second-order valence-corrected chi connectivity index (χ2v) is 11.1. The van der Waals surface area contributed by atoms with Crippen LogP contribution in [0.4, 0.5) is 11.4 Å². The van der Waals surface area contributed by atoms with Crippen LogP contribution < -0.4 is 10.3 Å². The van der Waals surface area contributed by atoms with Gasteiger partial charge in [0.25, 0.3) is 5.91 Å². The average Bonchev–Trinajstić information content (AvgIpc) is 3.13. The first-order valence-electron chi connectivity index (χ1n) is 11.4. The molecule has 8 heteroatoms. The third-order valence-electron chi connectivity index (χ3n) is 6.19. The number of anilines is 2. The van der Waals surface area contributed by atoms with Crippen molar-refractivity contribution in [2.45, 2.75) is 41.2 Å². The molecule has 2 unspecified atom stereocenters. The highest BCUT2D eigenvalue weighted by Gasteiger charge is 2.40. The van der Waals surface area contributed by atoms with E-state index in [1.54, 1.807) is 45.6 Å². The third kappa shape index (κ3) is 4.37. The number of benzene rings is 3. The van der Waals surface area contributed by atoms with E-state index >= 15 is 0 Å². The number of thioether (sulfide) groups is 1. The van der Waals surface area contributed by atoms with Crippen molar-refractivity contribution >= 4 is 52.5 Å². The van der Waals surface area contributed by atoms with Crippen molar-refractivity contribution in [3.8, 4) is 0 Å². The fraction of sp³-hybridized carbons (Fsp3) is 0.222. The molecule has 3 aromatic carbocycles. The Hall–Kier alpha value is -3.07. The summed E-state index contributed by atoms with van der Waals surface area (Å²) >= 11 is 3.14. The predicted octanol–water partition coefficient (Wildman–Crippen LogP) is 5.49. The summed E-state index contributed by atoms with van der Waals surface area (Å²) in [7, 11) is 0. The molecule has 2 atom stereocenters. The number of fused-ring (bicyclic) bond motifs is 2. The van der Waals surface area contributed by atoms with E-state index in [0.29, 0.717) is 11.3 Å². The van der Waals surface area contributed by atoms with Crippen LogP contribution in [0.2, 0.25) is 0 Å². The van der Waals surface area contributed by atoms with Gasteiger partial charge in [0.05, 0.1) is 23.2 Å². The van der Waals surface area contributed by atoms with Gasteiger partial charge in [0.1, 0.15) is 5.37 Å². The summed E-state index contributed by atoms with van der Waals surface area (Å²) in [5.74, 6) is -0.317. The second kappa shape index (κ2) is 9.53. The number of hydrogen-bond donors (Lipinski definition) is 1. The van der Waals surface area contributed by atoms with Gasteiger partial charge in [-0.05, 0) is 56.2 Å². The van der Waals surface area contributed by atoms with Crippen molar-refractivity contribution in [2.24, 2.45) is 0 Å². The highest BCUT2D eigenvalue weighted by molar-refractivity contribution is 8.01. The SMILES string of the molecule is CC(=O)c1ccc2c(c1)N(C(=O)CNN1C(=O)C(C)SC1c1ccccc1C)c1ccccc1S2. The summed E-state index contributed by atoms with van der Waals surface area (Å²) in [5, 5.41) is 1.16. The van der Waals surface area contributed by atoms with Crippen molar-refractivity contribution in [1.29, 1.82) is 0 Å². The minimum Gasteiger partial charge on any atom is -0.295 e. The fourth-order valence-electron chi connectivity index (χ4n) is 4.34. The van der Waals surface area contributed by atoms with Crippen LogP contribution in [0.15, 0.2) is 76.5 Å². The van der Waals surface area contributed by atoms with Gasteiger partial charge in [0.2, 0.25) is 5.91 Å². The molecule has 0 aromatic heterocycles. The van der Waals surface area contributed by atoms with Gasteiger partial charge in [0, 0.05) is 15.4 Å². The number of carbonyl (C=O) groups excluding carboxylic acids is 3. The number of nitrogens with one attached hydrogen (secondary N) is 1. The van der Waals surface area contributed by atoms with Crippen molar-refractivity contribution in [2.75, 3.05) is 11.4 Å². The summed E-state index contributed by atoms with van der Waals surface area (Å²) in [6.07, 6.45) is 0. The van der Waals surface area contributed by atoms with Crippen LogP contribution in [0, 0.1) is 6.92 Å². The van der Waals surface area contributed by atoms with E-state index in [4.69, 9.17) is 0 Å². The Morgan fingerprint density at radius 1 is 0.971 bits per heavy atom. The molecular formula is C27H25N3O3S2. The van der Waals surface area contributed by atoms with Gasteiger partial charge in [-0.25, -0.2) is 5.43 Å². The Bertz CT molecular complexity index is 1340. The summed E-state index contributed by atoms with van der Waals surface area (Å²) in [4.78, 5) is 42.2. The first-order valence-corrected chi connectivity index (χ1v) is 13.1. The zero-order valence-electron chi connectivity index (χ0n) is 19.6. The highest BCUT2D eigenvalue weighted by Crippen LogP contribution is 2.48. The van der Waals surface area contributed by atoms with Crippen LogP contribution in [-0.4, -0.2) is 34.4 Å². The molecule has 5 rings (SSSR count). The Morgan fingerprint density at radius 2 is 1.69 bits per heavy atom. The molecular weight excluding hydrogens is 478 g/mol. The maximum Gasteiger partial charge on any atom is 0.250 e. The molecule has 178 valence electrons. The first-order chi connectivity index (χ1) is 16.8. The number of aryl methyl sites for hydroxylation is 1. The van der Waals surface area contributed by atoms with Gasteiger partial charge < -0.3 is 0 Å². The van der Waals surface area contributed by atoms with Crippen molar-refractivity contribution in [1.82, 2.24) is 10.4 Å². The molecule has 1 N–H and O–H groups in total. The lowest BCUT2D eigenvalue weighted by Gasteiger charge is -2.32. The van der Waals surface area contributed by atoms with Crippen LogP contribution >= 0.6 is 23.5 Å². The fourth-order valence-corrected chi connectivity index (χ4v) is 6.70. The largest absolute Gasteiger partial charge is 0.295 e. The molecule has 2 aliphatic heterocycles. The van der Waals surface area contributed by atoms with E-state index < -0.39 is 0 Å². The summed E-state index contributed by atoms with van der Waals surface area (Å²) in [6.45, 7) is 5.37. The molecule has 0 saturated carbocycles. The first kappa shape index (κ1) is 23.7. The standard InChI is InChI=1S/C27H25N3O3S2/c1-16-8-4-5-9-20(16)27-30(26(33)18(3)34-27)28-15-25(32)29-21-10-6-7-11-23(21)35-24-13-12-19(17(2)31)14-22(24)29/h4-14,18,27-28H,15H2,1-3H3. The van der Waals surface area contributed by atoms with E-state index in [-0.39, 0.29) is 34.8 Å². The summed E-state index contributed by atoms with van der Waals surface area (Å²) in [5.41, 5.74) is 7.27. The van der Waals surface area contributed by atoms with Crippen LogP contribution in [0.25, 0.3) is 0 Å². The number of rotatable bonds is 5. The minimum atomic E-state index is -0.215. The van der Waals surface area contributed by atoms with Gasteiger partial charge in [0.15, 0.2) is 5.78 Å². The van der Waals surface area contributed by atoms with E-state index in [9.17, 15) is 14.4 Å². The molecule has 1 fully saturated rings. The van der Waals surface area contributed by atoms with E-state index in [1.165, 1.54) is 6.92 Å². The van der Waals surface area contributed by atoms with Gasteiger partial charge in [-0.15, -0.1) is 11.8 Å². The van der Waals surface area contributed by atoms with Gasteiger partial charge in [-0.3, -0.25) is 24.3 Å². The van der Waals surface area contributed by atoms with E-state index in [2.05, 4.69) is 5.43 Å². The number of ketones is 1. The van der Waals surface area contributed by atoms with Crippen LogP contribution in [-0.2, 0) is 9.59 Å². The van der Waals surface area contributed by atoms with Crippen molar-refractivity contribution in [3.05, 3.63) is 83.4 Å². The van der Waals surface area contributed by atoms with Crippen LogP contribution in [0.3, 0.4) is 0 Å². The molecule has 0 spiro atoms. The molecule has 2 aliphatic rings. The van der Waals surface area contributed by atoms with E-state index in [1.807, 2.05) is 68.4 Å². The van der Waals surface area contributed by atoms with Gasteiger partial charge in [-0.2, -0.15) is 0 Å². The average molecular weight is 504 g/mol. The predicted molar refractivity (Wildman–Crippen MR) is 140 cm³/mol. The van der Waals surface area contributed by atoms with Crippen LogP contribution in [0.1, 0.15) is 40.7 Å². The van der Waals surface area contributed by atoms with Gasteiger partial charge in [-0.1, -0.05) is 54.2 Å². The van der Waals surface area contributed by atoms with Crippen molar-refractivity contribution in [3.63, 3.8) is 0 Å². The zero-order chi connectivity index (χ0) is 24.7. The number of para-hydroxylation sites is 1. The number of hydrazine groups is 1. The van der Waals surface area contributed by atoms with Gasteiger partial charge >= 0.3 is 0 Å². The van der Waals surface area contributed by atoms with Crippen molar-refractivity contribution < 1.29 is 14.4 Å². The normalized spacial score (nSPS) is 18.9. The summed E-state index contributed by atoms with van der Waals surface area (Å²) < 4.78 is 0. The Morgan fingerprint density at radius 3 is 2.46 bits per heavy atom. The molecule has 2 heterocycles. The number of Topliss-reactive ketones (excluding diaryl/α,β-unsaturated/α-hetero) is 1. The molecule has 0 bridgehead atoms. The molecule has 35 heavy (non-hydrogen) atoms. The molecule has 3 aromatic rings. The topological polar surface area (TPSA) is 69.7 Å². The Kier molecular flexibility index (Phi) is 6.44. The number of carbonyl (C=O) groups is 3. The third-order valence-corrected chi connectivity index (χ3v) is 8.65. The zero-order valence-corrected chi connectivity index (χ0v) is 21.3. The Balaban J connectivity index is 1.45. The monoisotopic (exact) mass is 503 g/mol. The smallest absolute Gasteiger partial charge is 0.250 e. The lowest BCUT2D eigenvalue weighted by atomic mass is 10.1. The highest BCUT2D eigenvalue weighted by atomic mass is 32.2. The molecule has 2 amide bonds. The maximum atomic E-state index is 13.7. The lowest BCUT2D eigenvalue weighted by molar-refractivity contribution is -0.133.